The van der Waals surface area contributed by atoms with Crippen LogP contribution in [0.1, 0.15) is 102 Å². The summed E-state index contributed by atoms with van der Waals surface area (Å²) in [6, 6.07) is 12.0. The maximum absolute atomic E-state index is 12.0. The summed E-state index contributed by atoms with van der Waals surface area (Å²) in [6.45, 7) is 2.26. The van der Waals surface area contributed by atoms with E-state index in [1.54, 1.807) is 0 Å². The van der Waals surface area contributed by atoms with Crippen LogP contribution in [0.4, 0.5) is 0 Å². The molecule has 0 radical (unpaired) electrons. The van der Waals surface area contributed by atoms with Crippen molar-refractivity contribution >= 4 is 16.8 Å². The fraction of sp³-hybridized carbons (Fsp3) is 0.556. The molecule has 0 aliphatic heterocycles. The first-order valence-corrected chi connectivity index (χ1v) is 12.0. The number of amides is 1. The highest BCUT2D eigenvalue weighted by atomic mass is 16.1. The van der Waals surface area contributed by atoms with Crippen LogP contribution in [0.5, 0.6) is 0 Å². The third-order valence-electron chi connectivity index (χ3n) is 5.83. The monoisotopic (exact) mass is 408 g/mol. The molecule has 0 spiro atoms. The smallest absolute Gasteiger partial charge is 0.226 e. The molecule has 0 saturated carbocycles. The molecule has 1 atom stereocenters. The summed E-state index contributed by atoms with van der Waals surface area (Å²) in [5.41, 5.74) is 7.41. The van der Waals surface area contributed by atoms with Gasteiger partial charge < -0.3 is 5.73 Å². The number of aromatic nitrogens is 1. The summed E-state index contributed by atoms with van der Waals surface area (Å²) < 4.78 is 0. The van der Waals surface area contributed by atoms with Gasteiger partial charge in [-0.15, -0.1) is 0 Å². The summed E-state index contributed by atoms with van der Waals surface area (Å²) in [4.78, 5) is 16.6. The number of primary amides is 1. The number of fused-ring (bicyclic) bond motifs is 1. The molecule has 1 aromatic carbocycles. The fourth-order valence-corrected chi connectivity index (χ4v) is 3.95. The van der Waals surface area contributed by atoms with E-state index < -0.39 is 0 Å². The zero-order valence-corrected chi connectivity index (χ0v) is 18.8. The SMILES string of the molecule is CCCCCCCC/C=C\CCCCCCC(C(N)=O)c1ccc2ccccc2n1. The predicted octanol–water partition coefficient (Wildman–Crippen LogP) is 7.45. The first kappa shape index (κ1) is 24.1. The second-order valence-electron chi connectivity index (χ2n) is 8.40. The van der Waals surface area contributed by atoms with Crippen LogP contribution in [0.15, 0.2) is 48.6 Å². The van der Waals surface area contributed by atoms with E-state index in [0.29, 0.717) is 0 Å². The highest BCUT2D eigenvalue weighted by molar-refractivity contribution is 5.83. The number of benzene rings is 1. The van der Waals surface area contributed by atoms with E-state index in [9.17, 15) is 4.79 Å². The number of unbranched alkanes of at least 4 members (excludes halogenated alkanes) is 10. The number of rotatable bonds is 16. The molecule has 2 aromatic rings. The zero-order chi connectivity index (χ0) is 21.4. The Morgan fingerprint density at radius 1 is 0.867 bits per heavy atom. The standard InChI is InChI=1S/C27H40N2O/c1-2-3-4-5-6-7-8-9-10-11-12-13-14-15-19-24(27(28)30)26-22-21-23-18-16-17-20-25(23)29-26/h9-10,16-18,20-22,24H,2-8,11-15,19H2,1H3,(H2,28,30)/b10-9-. The molecule has 0 aliphatic rings. The minimum atomic E-state index is -0.285. The average molecular weight is 409 g/mol. The second kappa shape index (κ2) is 14.8. The Morgan fingerprint density at radius 2 is 1.50 bits per heavy atom. The summed E-state index contributed by atoms with van der Waals surface area (Å²) in [6.07, 6.45) is 20.7. The third kappa shape index (κ3) is 9.11. The maximum atomic E-state index is 12.0. The number of nitrogens with zero attached hydrogens (tertiary/aromatic N) is 1. The summed E-state index contributed by atoms with van der Waals surface area (Å²) in [5.74, 6) is -0.553. The van der Waals surface area contributed by atoms with Crippen LogP contribution in [0.2, 0.25) is 0 Å². The van der Waals surface area contributed by atoms with Crippen LogP contribution >= 0.6 is 0 Å². The van der Waals surface area contributed by atoms with Crippen LogP contribution in [0.25, 0.3) is 10.9 Å². The predicted molar refractivity (Wildman–Crippen MR) is 129 cm³/mol. The van der Waals surface area contributed by atoms with Gasteiger partial charge in [0.2, 0.25) is 5.91 Å². The second-order valence-corrected chi connectivity index (χ2v) is 8.40. The molecule has 1 aromatic heterocycles. The number of allylic oxidation sites excluding steroid dienone is 2. The molecule has 0 bridgehead atoms. The molecular formula is C27H40N2O. The van der Waals surface area contributed by atoms with Gasteiger partial charge >= 0.3 is 0 Å². The van der Waals surface area contributed by atoms with Gasteiger partial charge in [-0.25, -0.2) is 0 Å². The topological polar surface area (TPSA) is 56.0 Å². The molecule has 2 N–H and O–H groups in total. The lowest BCUT2D eigenvalue weighted by Gasteiger charge is -2.13. The van der Waals surface area contributed by atoms with E-state index in [1.165, 1.54) is 64.2 Å². The molecule has 0 aliphatic carbocycles. The highest BCUT2D eigenvalue weighted by Gasteiger charge is 2.19. The van der Waals surface area contributed by atoms with Crippen molar-refractivity contribution in [1.29, 1.82) is 0 Å². The third-order valence-corrected chi connectivity index (χ3v) is 5.83. The average Bonchev–Trinajstić information content (AvgIpc) is 2.76. The summed E-state index contributed by atoms with van der Waals surface area (Å²) in [5, 5.41) is 1.09. The molecule has 30 heavy (non-hydrogen) atoms. The lowest BCUT2D eigenvalue weighted by molar-refractivity contribution is -0.119. The van der Waals surface area contributed by atoms with Crippen molar-refractivity contribution in [3.63, 3.8) is 0 Å². The van der Waals surface area contributed by atoms with Gasteiger partial charge in [0.15, 0.2) is 0 Å². The van der Waals surface area contributed by atoms with Gasteiger partial charge in [-0.1, -0.05) is 94.7 Å². The lowest BCUT2D eigenvalue weighted by atomic mass is 9.95. The molecule has 2 rings (SSSR count). The Bertz CT molecular complexity index is 768. The van der Waals surface area contributed by atoms with E-state index >= 15 is 0 Å². The van der Waals surface area contributed by atoms with Gasteiger partial charge in [0.25, 0.3) is 0 Å². The van der Waals surface area contributed by atoms with Crippen molar-refractivity contribution in [3.8, 4) is 0 Å². The Kier molecular flexibility index (Phi) is 11.9. The number of carbonyl (C=O) groups excluding carboxylic acids is 1. The normalized spacial score (nSPS) is 12.6. The Hall–Kier alpha value is -2.16. The number of pyridine rings is 1. The number of nitrogens with two attached hydrogens (primary N) is 1. The molecule has 0 fully saturated rings. The van der Waals surface area contributed by atoms with Gasteiger partial charge in [0.1, 0.15) is 0 Å². The molecule has 1 heterocycles. The van der Waals surface area contributed by atoms with Gasteiger partial charge in [0, 0.05) is 5.39 Å². The van der Waals surface area contributed by atoms with Crippen LogP contribution in [-0.2, 0) is 4.79 Å². The maximum Gasteiger partial charge on any atom is 0.226 e. The highest BCUT2D eigenvalue weighted by Crippen LogP contribution is 2.23. The molecule has 1 unspecified atom stereocenters. The molecule has 3 heteroatoms. The zero-order valence-electron chi connectivity index (χ0n) is 18.8. The molecule has 1 amide bonds. The van der Waals surface area contributed by atoms with Gasteiger partial charge in [-0.2, -0.15) is 0 Å². The van der Waals surface area contributed by atoms with Gasteiger partial charge in [0.05, 0.1) is 17.1 Å². The summed E-state index contributed by atoms with van der Waals surface area (Å²) in [7, 11) is 0. The van der Waals surface area contributed by atoms with Gasteiger partial charge in [-0.05, 0) is 44.2 Å². The minimum Gasteiger partial charge on any atom is -0.369 e. The summed E-state index contributed by atoms with van der Waals surface area (Å²) >= 11 is 0. The van der Waals surface area contributed by atoms with Gasteiger partial charge in [-0.3, -0.25) is 9.78 Å². The van der Waals surface area contributed by atoms with Crippen LogP contribution in [0, 0.1) is 0 Å². The van der Waals surface area contributed by atoms with Crippen LogP contribution < -0.4 is 5.73 Å². The van der Waals surface area contributed by atoms with E-state index in [4.69, 9.17) is 5.73 Å². The first-order valence-electron chi connectivity index (χ1n) is 12.0. The van der Waals surface area contributed by atoms with E-state index in [-0.39, 0.29) is 11.8 Å². The molecule has 164 valence electrons. The largest absolute Gasteiger partial charge is 0.369 e. The quantitative estimate of drug-likeness (QED) is 0.231. The Labute approximate surface area is 183 Å². The van der Waals surface area contributed by atoms with Crippen LogP contribution in [-0.4, -0.2) is 10.9 Å². The number of para-hydroxylation sites is 1. The molecule has 0 saturated heterocycles. The van der Waals surface area contributed by atoms with E-state index in [1.807, 2.05) is 36.4 Å². The molecular weight excluding hydrogens is 368 g/mol. The van der Waals surface area contributed by atoms with Crippen LogP contribution in [0.3, 0.4) is 0 Å². The number of carbonyl (C=O) groups is 1. The van der Waals surface area contributed by atoms with Crippen molar-refractivity contribution in [2.45, 2.75) is 96.3 Å². The Balaban J connectivity index is 1.59. The van der Waals surface area contributed by atoms with Crippen molar-refractivity contribution in [2.24, 2.45) is 5.73 Å². The number of hydrogen-bond donors (Lipinski definition) is 1. The van der Waals surface area contributed by atoms with Crippen molar-refractivity contribution < 1.29 is 4.79 Å². The minimum absolute atomic E-state index is 0.268. The van der Waals surface area contributed by atoms with Crippen molar-refractivity contribution in [1.82, 2.24) is 4.98 Å². The van der Waals surface area contributed by atoms with Crippen molar-refractivity contribution in [2.75, 3.05) is 0 Å². The van der Waals surface area contributed by atoms with Crippen molar-refractivity contribution in [3.05, 3.63) is 54.2 Å². The first-order chi connectivity index (χ1) is 14.7. The van der Waals surface area contributed by atoms with E-state index in [2.05, 4.69) is 24.1 Å². The van der Waals surface area contributed by atoms with E-state index in [0.717, 1.165) is 35.9 Å². The Morgan fingerprint density at radius 3 is 2.20 bits per heavy atom. The molecule has 3 nitrogen and oxygen atoms in total. The number of hydrogen-bond acceptors (Lipinski definition) is 2. The lowest BCUT2D eigenvalue weighted by Crippen LogP contribution is -2.22. The fourth-order valence-electron chi connectivity index (χ4n) is 3.95.